The summed E-state index contributed by atoms with van der Waals surface area (Å²) in [5.41, 5.74) is 0.423. The zero-order valence-electron chi connectivity index (χ0n) is 12.2. The summed E-state index contributed by atoms with van der Waals surface area (Å²) in [4.78, 5) is 20.7. The van der Waals surface area contributed by atoms with Crippen LogP contribution in [0.2, 0.25) is 0 Å². The van der Waals surface area contributed by atoms with Crippen molar-refractivity contribution in [1.29, 1.82) is 0 Å². The third kappa shape index (κ3) is 13.7. The predicted octanol–water partition coefficient (Wildman–Crippen LogP) is 3.56. The molecule has 20 heavy (non-hydrogen) atoms. The van der Waals surface area contributed by atoms with Gasteiger partial charge in [0.2, 0.25) is 0 Å². The van der Waals surface area contributed by atoms with Gasteiger partial charge in [0.25, 0.3) is 0 Å². The quantitative estimate of drug-likeness (QED) is 0.319. The van der Waals surface area contributed by atoms with Crippen molar-refractivity contribution in [2.24, 2.45) is 0 Å². The second-order valence-electron chi connectivity index (χ2n) is 4.87. The molecule has 0 amide bonds. The largest absolute Gasteiger partial charge is 0.566 e. The Morgan fingerprint density at radius 3 is 2.10 bits per heavy atom. The Balaban J connectivity index is 3.19. The van der Waals surface area contributed by atoms with E-state index in [4.69, 9.17) is 5.11 Å². The second-order valence-corrected chi connectivity index (χ2v) is 5.57. The van der Waals surface area contributed by atoms with E-state index in [2.05, 4.69) is 4.52 Å². The summed E-state index contributed by atoms with van der Waals surface area (Å²) in [5.74, 6) is -0.837. The summed E-state index contributed by atoms with van der Waals surface area (Å²) in [6, 6.07) is 0. The van der Waals surface area contributed by atoms with Crippen molar-refractivity contribution >= 4 is 14.2 Å². The number of carbonyl (C=O) groups is 1. The summed E-state index contributed by atoms with van der Waals surface area (Å²) in [6.45, 7) is 1.92. The molecule has 1 atom stereocenters. The van der Waals surface area contributed by atoms with E-state index in [0.29, 0.717) is 12.2 Å². The lowest BCUT2D eigenvalue weighted by molar-refractivity contribution is -0.185. The zero-order chi connectivity index (χ0) is 15.2. The van der Waals surface area contributed by atoms with Gasteiger partial charge < -0.3 is 10.00 Å². The third-order valence-corrected chi connectivity index (χ3v) is 3.48. The van der Waals surface area contributed by atoms with E-state index in [0.717, 1.165) is 44.9 Å². The topological polar surface area (TPSA) is 86.7 Å². The van der Waals surface area contributed by atoms with Crippen LogP contribution in [0.1, 0.15) is 64.7 Å². The van der Waals surface area contributed by atoms with Crippen molar-refractivity contribution < 1.29 is 23.9 Å². The van der Waals surface area contributed by atoms with E-state index in [1.54, 1.807) is 13.0 Å². The van der Waals surface area contributed by atoms with Gasteiger partial charge in [-0.3, -0.25) is 0 Å². The number of hydrogen-bond acceptors (Lipinski definition) is 4. The van der Waals surface area contributed by atoms with Crippen LogP contribution in [0.4, 0.5) is 0 Å². The molecule has 116 valence electrons. The van der Waals surface area contributed by atoms with Crippen molar-refractivity contribution in [1.82, 2.24) is 0 Å². The van der Waals surface area contributed by atoms with E-state index >= 15 is 0 Å². The predicted molar refractivity (Wildman–Crippen MR) is 76.5 cm³/mol. The molecule has 0 aromatic carbocycles. The molecule has 0 heterocycles. The summed E-state index contributed by atoms with van der Waals surface area (Å²) >= 11 is 0. The normalized spacial score (nSPS) is 12.5. The van der Waals surface area contributed by atoms with Gasteiger partial charge in [0.05, 0.1) is 0 Å². The summed E-state index contributed by atoms with van der Waals surface area (Å²) in [5, 5.41) is 8.66. The first-order valence-electron chi connectivity index (χ1n) is 7.21. The van der Waals surface area contributed by atoms with E-state index in [1.165, 1.54) is 12.8 Å². The maximum atomic E-state index is 10.5. The van der Waals surface area contributed by atoms with Crippen LogP contribution in [0.3, 0.4) is 0 Å². The molecule has 0 aliphatic carbocycles. The minimum atomic E-state index is -2.69. The number of allylic oxidation sites excluding steroid dienone is 1. The molecule has 0 aliphatic heterocycles. The van der Waals surface area contributed by atoms with E-state index in [1.807, 2.05) is 0 Å². The molecule has 0 fully saturated rings. The molecule has 0 aliphatic rings. The van der Waals surface area contributed by atoms with Crippen LogP contribution in [-0.2, 0) is 13.9 Å². The fourth-order valence-electron chi connectivity index (χ4n) is 1.85. The van der Waals surface area contributed by atoms with Crippen molar-refractivity contribution in [2.75, 3.05) is 6.61 Å². The van der Waals surface area contributed by atoms with Gasteiger partial charge in [-0.25, -0.2) is 4.79 Å². The van der Waals surface area contributed by atoms with Crippen molar-refractivity contribution in [3.63, 3.8) is 0 Å². The Morgan fingerprint density at radius 2 is 1.60 bits per heavy atom. The van der Waals surface area contributed by atoms with E-state index in [9.17, 15) is 14.3 Å². The summed E-state index contributed by atoms with van der Waals surface area (Å²) in [7, 11) is -2.69. The molecule has 0 bridgehead atoms. The number of carboxylic acid groups (broad SMARTS) is 1. The molecule has 5 nitrogen and oxygen atoms in total. The van der Waals surface area contributed by atoms with Gasteiger partial charge in [-0.2, -0.15) is 0 Å². The molecule has 1 unspecified atom stereocenters. The maximum absolute atomic E-state index is 10.5. The Bertz CT molecular complexity index is 315. The fraction of sp³-hybridized carbons (Fsp3) is 0.786. The minimum absolute atomic E-state index is 0.300. The molecular weight excluding hydrogens is 279 g/mol. The SMILES string of the molecule is CC(=CCCCCCCCCCCO[P+](=O)[O-])C(=O)O. The third-order valence-electron chi connectivity index (χ3n) is 3.08. The molecular formula is C14H25O5P. The number of unbranched alkanes of at least 4 members (excludes halogenated alkanes) is 8. The smallest absolute Gasteiger partial charge is 0.488 e. The van der Waals surface area contributed by atoms with Crippen LogP contribution in [-0.4, -0.2) is 17.7 Å². The van der Waals surface area contributed by atoms with Crippen LogP contribution in [0.15, 0.2) is 11.6 Å². The lowest BCUT2D eigenvalue weighted by atomic mass is 10.1. The molecule has 0 aromatic rings. The molecule has 6 heteroatoms. The summed E-state index contributed by atoms with van der Waals surface area (Å²) in [6.07, 6.45) is 11.2. The van der Waals surface area contributed by atoms with Crippen LogP contribution < -0.4 is 4.89 Å². The van der Waals surface area contributed by atoms with Crippen LogP contribution in [0.25, 0.3) is 0 Å². The van der Waals surface area contributed by atoms with Gasteiger partial charge in [0, 0.05) is 5.57 Å². The molecule has 0 aromatic heterocycles. The average molecular weight is 304 g/mol. The lowest BCUT2D eigenvalue weighted by Gasteiger charge is -2.01. The van der Waals surface area contributed by atoms with Gasteiger partial charge in [-0.15, -0.1) is 4.52 Å². The second kappa shape index (κ2) is 13.2. The molecule has 0 spiro atoms. The van der Waals surface area contributed by atoms with Gasteiger partial charge in [0.15, 0.2) is 0 Å². The molecule has 0 radical (unpaired) electrons. The van der Waals surface area contributed by atoms with Crippen LogP contribution >= 0.6 is 8.25 Å². The molecule has 0 rings (SSSR count). The van der Waals surface area contributed by atoms with Crippen molar-refractivity contribution in [2.45, 2.75) is 64.7 Å². The average Bonchev–Trinajstić information content (AvgIpc) is 2.39. The number of hydrogen-bond donors (Lipinski definition) is 1. The Kier molecular flexibility index (Phi) is 12.7. The minimum Gasteiger partial charge on any atom is -0.566 e. The maximum Gasteiger partial charge on any atom is 0.488 e. The monoisotopic (exact) mass is 304 g/mol. The number of carboxylic acids is 1. The highest BCUT2D eigenvalue weighted by Gasteiger charge is 2.00. The Labute approximate surface area is 122 Å². The van der Waals surface area contributed by atoms with Gasteiger partial charge in [0.1, 0.15) is 6.61 Å². The standard InChI is InChI=1S/C14H25O5P/c1-13(14(15)16)11-9-7-5-3-2-4-6-8-10-12-19-20(17)18/h11H,2-10,12H2,1H3,(H,15,16). The van der Waals surface area contributed by atoms with E-state index in [-0.39, 0.29) is 0 Å². The van der Waals surface area contributed by atoms with Gasteiger partial charge in [-0.1, -0.05) is 44.6 Å². The first-order valence-corrected chi connectivity index (χ1v) is 8.31. The Morgan fingerprint density at radius 1 is 1.10 bits per heavy atom. The van der Waals surface area contributed by atoms with Crippen molar-refractivity contribution in [3.05, 3.63) is 11.6 Å². The fourth-order valence-corrected chi connectivity index (χ4v) is 2.13. The molecule has 1 N–H and O–H groups in total. The van der Waals surface area contributed by atoms with Crippen LogP contribution in [0, 0.1) is 0 Å². The van der Waals surface area contributed by atoms with Gasteiger partial charge in [-0.05, 0) is 30.8 Å². The molecule has 0 saturated heterocycles. The first-order chi connectivity index (χ1) is 9.54. The van der Waals surface area contributed by atoms with Crippen LogP contribution in [0.5, 0.6) is 0 Å². The lowest BCUT2D eigenvalue weighted by Crippen LogP contribution is -1.95. The molecule has 0 saturated carbocycles. The highest BCUT2D eigenvalue weighted by molar-refractivity contribution is 7.30. The first kappa shape index (κ1) is 19.2. The summed E-state index contributed by atoms with van der Waals surface area (Å²) < 4.78 is 14.6. The highest BCUT2D eigenvalue weighted by atomic mass is 31.1. The number of rotatable bonds is 13. The number of aliphatic carboxylic acids is 1. The van der Waals surface area contributed by atoms with Crippen molar-refractivity contribution in [3.8, 4) is 0 Å². The Hall–Kier alpha value is -0.770. The zero-order valence-corrected chi connectivity index (χ0v) is 13.1. The highest BCUT2D eigenvalue weighted by Crippen LogP contribution is 2.13. The van der Waals surface area contributed by atoms with Gasteiger partial charge >= 0.3 is 14.2 Å². The van der Waals surface area contributed by atoms with E-state index < -0.39 is 14.2 Å².